The Balaban J connectivity index is 0.000000184. The first-order chi connectivity index (χ1) is 8.51. The fourth-order valence-electron chi connectivity index (χ4n) is 1.07. The summed E-state index contributed by atoms with van der Waals surface area (Å²) in [5.41, 5.74) is 0. The number of nitrogens with one attached hydrogen (secondary N) is 1. The van der Waals surface area contributed by atoms with Crippen LogP contribution in [0.4, 0.5) is 0 Å². The van der Waals surface area contributed by atoms with Gasteiger partial charge in [0.2, 0.25) is 0 Å². The van der Waals surface area contributed by atoms with Gasteiger partial charge in [0.05, 0.1) is 7.05 Å². The Kier molecular flexibility index (Phi) is 4.50. The van der Waals surface area contributed by atoms with Gasteiger partial charge in [0.1, 0.15) is 17.6 Å². The van der Waals surface area contributed by atoms with E-state index >= 15 is 0 Å². The lowest BCUT2D eigenvalue weighted by atomic mass is 10.5. The Labute approximate surface area is 103 Å². The highest BCUT2D eigenvalue weighted by Gasteiger charge is 2.09. The zero-order valence-corrected chi connectivity index (χ0v) is 10.6. The minimum atomic E-state index is -4.00. The van der Waals surface area contributed by atoms with Gasteiger partial charge in [-0.05, 0) is 0 Å². The van der Waals surface area contributed by atoms with Gasteiger partial charge in [-0.1, -0.05) is 6.92 Å². The summed E-state index contributed by atoms with van der Waals surface area (Å²) in [7, 11) is -1.96. The molecular formula is C8H11N7O2S. The predicted molar refractivity (Wildman–Crippen MR) is 57.3 cm³/mol. The molecule has 0 bridgehead atoms. The number of nitriles is 1. The summed E-state index contributed by atoms with van der Waals surface area (Å²) >= 11 is 0. The van der Waals surface area contributed by atoms with Crippen LogP contribution < -0.4 is 9.67 Å². The number of hydrogen-bond donors (Lipinski definition) is 1. The number of rotatable bonds is 2. The maximum atomic E-state index is 10.5. The molecule has 0 atom stereocenters. The molecular weight excluding hydrogens is 258 g/mol. The Morgan fingerprint density at radius 1 is 1.61 bits per heavy atom. The van der Waals surface area contributed by atoms with E-state index in [1.54, 1.807) is 0 Å². The third-order valence-corrected chi connectivity index (χ3v) is 2.85. The highest BCUT2D eigenvalue weighted by Crippen LogP contribution is 1.95. The topological polar surface area (TPSA) is 130 Å². The van der Waals surface area contributed by atoms with E-state index in [2.05, 4.69) is 37.1 Å². The molecule has 9 nitrogen and oxygen atoms in total. The molecule has 2 aromatic rings. The summed E-state index contributed by atoms with van der Waals surface area (Å²) in [6, 6.07) is 0. The van der Waals surface area contributed by atoms with Crippen LogP contribution in [0.15, 0.2) is 17.6 Å². The second-order valence-electron chi connectivity index (χ2n) is 3.13. The number of hydrogen-bond acceptors (Lipinski definition) is 6. The summed E-state index contributed by atoms with van der Waals surface area (Å²) in [6.07, 6.45) is 5.03. The van der Waals surface area contributed by atoms with Gasteiger partial charge in [0.15, 0.2) is 5.40 Å². The van der Waals surface area contributed by atoms with E-state index in [0.717, 1.165) is 11.8 Å². The maximum absolute atomic E-state index is 10.5. The summed E-state index contributed by atoms with van der Waals surface area (Å²) in [6.45, 7) is 2.13. The van der Waals surface area contributed by atoms with Crippen LogP contribution in [-0.4, -0.2) is 28.9 Å². The first-order valence-electron chi connectivity index (χ1n) is 4.87. The normalized spacial score (nSPS) is 10.3. The predicted octanol–water partition coefficient (Wildman–Crippen LogP) is -1.51. The minimum absolute atomic E-state index is 0.657. The minimum Gasteiger partial charge on any atom is -0.320 e. The van der Waals surface area contributed by atoms with Gasteiger partial charge in [-0.15, -0.1) is 0 Å². The molecule has 10 heteroatoms. The van der Waals surface area contributed by atoms with E-state index in [1.165, 1.54) is 5.82 Å². The lowest BCUT2D eigenvalue weighted by molar-refractivity contribution is -0.677. The number of aryl methyl sites for hydroxylation is 2. The van der Waals surface area contributed by atoms with Crippen LogP contribution in [0.3, 0.4) is 0 Å². The van der Waals surface area contributed by atoms with Gasteiger partial charge in [0.25, 0.3) is 15.7 Å². The second kappa shape index (κ2) is 5.87. The van der Waals surface area contributed by atoms with Crippen molar-refractivity contribution in [3.05, 3.63) is 18.2 Å². The molecule has 0 aliphatic rings. The molecule has 2 heterocycles. The van der Waals surface area contributed by atoms with Crippen molar-refractivity contribution in [1.29, 1.82) is 5.26 Å². The molecule has 0 unspecified atom stereocenters. The zero-order chi connectivity index (χ0) is 13.6. The zero-order valence-electron chi connectivity index (χ0n) is 9.77. The van der Waals surface area contributed by atoms with Crippen molar-refractivity contribution in [3.8, 4) is 5.40 Å². The second-order valence-corrected chi connectivity index (χ2v) is 4.68. The molecule has 0 fully saturated rings. The Morgan fingerprint density at radius 2 is 2.33 bits per heavy atom. The fourth-order valence-corrected chi connectivity index (χ4v) is 1.44. The molecule has 0 aliphatic carbocycles. The van der Waals surface area contributed by atoms with Crippen molar-refractivity contribution in [2.75, 3.05) is 0 Å². The van der Waals surface area contributed by atoms with Gasteiger partial charge in [-0.2, -0.15) is 10.5 Å². The third-order valence-electron chi connectivity index (χ3n) is 1.97. The molecule has 0 radical (unpaired) electrons. The van der Waals surface area contributed by atoms with E-state index in [4.69, 9.17) is 5.26 Å². The third kappa shape index (κ3) is 3.36. The molecule has 96 valence electrons. The highest BCUT2D eigenvalue weighted by atomic mass is 32.2. The van der Waals surface area contributed by atoms with Crippen LogP contribution in [0.5, 0.6) is 0 Å². The van der Waals surface area contributed by atoms with Gasteiger partial charge in [0, 0.05) is 6.42 Å². The molecule has 0 amide bonds. The number of thiocyanates is 1. The lowest BCUT2D eigenvalue weighted by Crippen LogP contribution is -2.29. The number of H-pyrrole nitrogens is 1. The van der Waals surface area contributed by atoms with Gasteiger partial charge in [-0.3, -0.25) is 10.3 Å². The van der Waals surface area contributed by atoms with E-state index in [1.807, 2.05) is 19.4 Å². The summed E-state index contributed by atoms with van der Waals surface area (Å²) < 4.78 is 23.1. The number of tetrazole rings is 1. The van der Waals surface area contributed by atoms with Crippen LogP contribution >= 0.6 is 0 Å². The number of aromatic nitrogens is 6. The monoisotopic (exact) mass is 269 g/mol. The summed E-state index contributed by atoms with van der Waals surface area (Å²) in [5, 5.41) is 20.1. The van der Waals surface area contributed by atoms with E-state index in [0.29, 0.717) is 0 Å². The van der Waals surface area contributed by atoms with Crippen LogP contribution in [0.25, 0.3) is 0 Å². The smallest absolute Gasteiger partial charge is 0.276 e. The highest BCUT2D eigenvalue weighted by molar-refractivity contribution is 7.95. The SMILES string of the molecule is CCc1[nH]cc[n+]1C.N#CS(=O)(=O)c1nnn[n-]1. The Bertz CT molecular complexity index is 623. The molecule has 0 aromatic carbocycles. The number of aromatic amines is 1. The number of nitrogens with zero attached hydrogens (tertiary/aromatic N) is 6. The van der Waals surface area contributed by atoms with E-state index in [9.17, 15) is 8.42 Å². The molecule has 0 saturated carbocycles. The van der Waals surface area contributed by atoms with Crippen molar-refractivity contribution in [3.63, 3.8) is 0 Å². The standard InChI is InChI=1S/C6H10N2.C2N5O2S/c1-3-6-7-4-5-8(6)2;3-1-10(8,9)2-4-6-7-5-2/h4-5H,3H2,1-2H3;/q;-1/p+1. The maximum Gasteiger partial charge on any atom is 0.276 e. The van der Waals surface area contributed by atoms with E-state index in [-0.39, 0.29) is 0 Å². The van der Waals surface area contributed by atoms with Crippen molar-refractivity contribution in [1.82, 2.24) is 25.6 Å². The van der Waals surface area contributed by atoms with Gasteiger partial charge < -0.3 is 5.10 Å². The Hall–Kier alpha value is -2.28. The first kappa shape index (κ1) is 13.8. The number of sulfone groups is 1. The molecule has 0 saturated heterocycles. The van der Waals surface area contributed by atoms with Crippen molar-refractivity contribution in [2.45, 2.75) is 18.5 Å². The first-order valence-corrected chi connectivity index (χ1v) is 6.36. The summed E-state index contributed by atoms with van der Waals surface area (Å²) in [5.74, 6) is 1.27. The average Bonchev–Trinajstić information content (AvgIpc) is 3.00. The van der Waals surface area contributed by atoms with Gasteiger partial charge in [-0.25, -0.2) is 18.0 Å². The molecule has 0 aliphatic heterocycles. The van der Waals surface area contributed by atoms with E-state index < -0.39 is 15.0 Å². The fraction of sp³-hybridized carbons (Fsp3) is 0.375. The average molecular weight is 269 g/mol. The van der Waals surface area contributed by atoms with Crippen LogP contribution in [0.2, 0.25) is 0 Å². The molecule has 2 rings (SSSR count). The largest absolute Gasteiger partial charge is 0.320 e. The Morgan fingerprint density at radius 3 is 2.67 bits per heavy atom. The van der Waals surface area contributed by atoms with Crippen LogP contribution in [-0.2, 0) is 23.3 Å². The van der Waals surface area contributed by atoms with Crippen LogP contribution in [0.1, 0.15) is 12.7 Å². The lowest BCUT2D eigenvalue weighted by Gasteiger charge is -1.87. The molecule has 2 aromatic heterocycles. The van der Waals surface area contributed by atoms with Crippen molar-refractivity contribution in [2.24, 2.45) is 7.05 Å². The van der Waals surface area contributed by atoms with Gasteiger partial charge >= 0.3 is 0 Å². The summed E-state index contributed by atoms with van der Waals surface area (Å²) in [4.78, 5) is 3.12. The molecule has 1 N–H and O–H groups in total. The molecule has 18 heavy (non-hydrogen) atoms. The molecule has 0 spiro atoms. The van der Waals surface area contributed by atoms with Crippen molar-refractivity contribution >= 4 is 9.84 Å². The number of imidazole rings is 1. The van der Waals surface area contributed by atoms with Crippen molar-refractivity contribution < 1.29 is 13.0 Å². The van der Waals surface area contributed by atoms with Crippen LogP contribution in [0, 0.1) is 10.7 Å². The quantitative estimate of drug-likeness (QED) is 0.398.